The van der Waals surface area contributed by atoms with E-state index < -0.39 is 0 Å². The molecule has 1 aromatic carbocycles. The van der Waals surface area contributed by atoms with E-state index in [1.807, 2.05) is 36.0 Å². The minimum atomic E-state index is 0.448. The van der Waals surface area contributed by atoms with E-state index in [2.05, 4.69) is 15.6 Å². The van der Waals surface area contributed by atoms with Crippen molar-refractivity contribution in [1.82, 2.24) is 20.3 Å². The predicted molar refractivity (Wildman–Crippen MR) is 67.1 cm³/mol. The highest BCUT2D eigenvalue weighted by molar-refractivity contribution is 6.30. The number of benzene rings is 1. The lowest BCUT2D eigenvalue weighted by atomic mass is 10.1. The Morgan fingerprint density at radius 1 is 1.41 bits per heavy atom. The van der Waals surface area contributed by atoms with Gasteiger partial charge in [0.05, 0.1) is 12.2 Å². The Hall–Kier alpha value is -1.39. The molecular weight excluding hydrogens is 236 g/mol. The molecule has 0 bridgehead atoms. The second kappa shape index (κ2) is 4.13. The van der Waals surface area contributed by atoms with Gasteiger partial charge in [0.15, 0.2) is 0 Å². The molecule has 0 spiro atoms. The SMILES string of the molecule is Cc1cc(Cl)ccc1-c1cn(C2CNC2)nn1. The first kappa shape index (κ1) is 10.7. The van der Waals surface area contributed by atoms with E-state index in [1.165, 1.54) is 0 Å². The van der Waals surface area contributed by atoms with Crippen LogP contribution in [0.5, 0.6) is 0 Å². The highest BCUT2D eigenvalue weighted by Crippen LogP contribution is 2.24. The summed E-state index contributed by atoms with van der Waals surface area (Å²) in [5, 5.41) is 12.4. The average molecular weight is 249 g/mol. The third-order valence-electron chi connectivity index (χ3n) is 3.11. The van der Waals surface area contributed by atoms with Crippen LogP contribution in [-0.4, -0.2) is 28.1 Å². The van der Waals surface area contributed by atoms with Crippen molar-refractivity contribution in [2.24, 2.45) is 0 Å². The summed E-state index contributed by atoms with van der Waals surface area (Å²) in [6, 6.07) is 6.27. The molecule has 1 fully saturated rings. The maximum Gasteiger partial charge on any atom is 0.113 e. The Bertz CT molecular complexity index is 545. The summed E-state index contributed by atoms with van der Waals surface area (Å²) in [5.41, 5.74) is 3.12. The fraction of sp³-hybridized carbons (Fsp3) is 0.333. The number of hydrogen-bond donors (Lipinski definition) is 1. The largest absolute Gasteiger partial charge is 0.312 e. The highest BCUT2D eigenvalue weighted by atomic mass is 35.5. The number of halogens is 1. The Balaban J connectivity index is 1.94. The van der Waals surface area contributed by atoms with E-state index >= 15 is 0 Å². The fourth-order valence-electron chi connectivity index (χ4n) is 1.95. The first-order valence-corrected chi connectivity index (χ1v) is 6.01. The smallest absolute Gasteiger partial charge is 0.113 e. The molecule has 0 atom stereocenters. The molecule has 1 aliphatic heterocycles. The number of aromatic nitrogens is 3. The van der Waals surface area contributed by atoms with Crippen LogP contribution >= 0.6 is 11.6 Å². The quantitative estimate of drug-likeness (QED) is 0.885. The Morgan fingerprint density at radius 3 is 2.88 bits per heavy atom. The molecule has 17 heavy (non-hydrogen) atoms. The minimum Gasteiger partial charge on any atom is -0.312 e. The normalized spacial score (nSPS) is 15.9. The van der Waals surface area contributed by atoms with Crippen LogP contribution < -0.4 is 5.32 Å². The Kier molecular flexibility index (Phi) is 2.61. The molecule has 0 saturated carbocycles. The standard InChI is InChI=1S/C12H13ClN4/c1-8-4-9(13)2-3-11(8)12-7-17(16-15-12)10-5-14-6-10/h2-4,7,10,14H,5-6H2,1H3. The van der Waals surface area contributed by atoms with Crippen LogP contribution in [0.1, 0.15) is 11.6 Å². The summed E-state index contributed by atoms with van der Waals surface area (Å²) in [6.45, 7) is 3.98. The molecule has 0 radical (unpaired) electrons. The zero-order valence-electron chi connectivity index (χ0n) is 9.52. The van der Waals surface area contributed by atoms with Crippen LogP contribution in [0.2, 0.25) is 5.02 Å². The maximum atomic E-state index is 5.94. The van der Waals surface area contributed by atoms with Gasteiger partial charge in [-0.2, -0.15) is 0 Å². The van der Waals surface area contributed by atoms with Crippen molar-refractivity contribution in [3.8, 4) is 11.3 Å². The number of nitrogens with zero attached hydrogens (tertiary/aromatic N) is 3. The molecule has 2 aromatic rings. The van der Waals surface area contributed by atoms with E-state index in [-0.39, 0.29) is 0 Å². The van der Waals surface area contributed by atoms with Gasteiger partial charge in [-0.3, -0.25) is 0 Å². The van der Waals surface area contributed by atoms with E-state index in [1.54, 1.807) is 0 Å². The van der Waals surface area contributed by atoms with Gasteiger partial charge >= 0.3 is 0 Å². The fourth-order valence-corrected chi connectivity index (χ4v) is 2.18. The molecule has 5 heteroatoms. The second-order valence-corrected chi connectivity index (χ2v) is 4.79. The van der Waals surface area contributed by atoms with Crippen molar-refractivity contribution in [3.63, 3.8) is 0 Å². The molecule has 88 valence electrons. The van der Waals surface area contributed by atoms with Crippen LogP contribution in [0, 0.1) is 6.92 Å². The van der Waals surface area contributed by atoms with Crippen LogP contribution in [0.4, 0.5) is 0 Å². The summed E-state index contributed by atoms with van der Waals surface area (Å²) in [6.07, 6.45) is 2.00. The van der Waals surface area contributed by atoms with Gasteiger partial charge in [-0.1, -0.05) is 22.9 Å². The summed E-state index contributed by atoms with van der Waals surface area (Å²) in [5.74, 6) is 0. The first-order valence-electron chi connectivity index (χ1n) is 5.63. The van der Waals surface area contributed by atoms with E-state index in [4.69, 9.17) is 11.6 Å². The van der Waals surface area contributed by atoms with E-state index in [0.29, 0.717) is 6.04 Å². The molecule has 2 heterocycles. The number of aryl methyl sites for hydroxylation is 1. The van der Waals surface area contributed by atoms with E-state index in [0.717, 1.165) is 34.9 Å². The average Bonchev–Trinajstić information content (AvgIpc) is 2.64. The van der Waals surface area contributed by atoms with Crippen LogP contribution in [0.25, 0.3) is 11.3 Å². The zero-order chi connectivity index (χ0) is 11.8. The van der Waals surface area contributed by atoms with Gasteiger partial charge in [-0.05, 0) is 24.6 Å². The number of rotatable bonds is 2. The monoisotopic (exact) mass is 248 g/mol. The van der Waals surface area contributed by atoms with Crippen LogP contribution in [-0.2, 0) is 0 Å². The lowest BCUT2D eigenvalue weighted by Crippen LogP contribution is -2.43. The molecule has 0 amide bonds. The summed E-state index contributed by atoms with van der Waals surface area (Å²) >= 11 is 5.94. The topological polar surface area (TPSA) is 42.7 Å². The van der Waals surface area contributed by atoms with Crippen molar-refractivity contribution < 1.29 is 0 Å². The predicted octanol–water partition coefficient (Wildman–Crippen LogP) is 2.05. The molecular formula is C12H13ClN4. The van der Waals surface area contributed by atoms with Gasteiger partial charge in [-0.25, -0.2) is 4.68 Å². The summed E-state index contributed by atoms with van der Waals surface area (Å²) < 4.78 is 1.93. The Morgan fingerprint density at radius 2 is 2.24 bits per heavy atom. The van der Waals surface area contributed by atoms with Crippen LogP contribution in [0.15, 0.2) is 24.4 Å². The molecule has 0 unspecified atom stereocenters. The molecule has 1 aromatic heterocycles. The number of nitrogens with one attached hydrogen (secondary N) is 1. The Labute approximate surface area is 105 Å². The molecule has 3 rings (SSSR count). The maximum absolute atomic E-state index is 5.94. The first-order chi connectivity index (χ1) is 8.24. The van der Waals surface area contributed by atoms with Crippen molar-refractivity contribution in [3.05, 3.63) is 35.0 Å². The molecule has 1 N–H and O–H groups in total. The van der Waals surface area contributed by atoms with Gasteiger partial charge < -0.3 is 5.32 Å². The molecule has 4 nitrogen and oxygen atoms in total. The lowest BCUT2D eigenvalue weighted by Gasteiger charge is -2.26. The minimum absolute atomic E-state index is 0.448. The van der Waals surface area contributed by atoms with Crippen LogP contribution in [0.3, 0.4) is 0 Å². The van der Waals surface area contributed by atoms with Gasteiger partial charge in [0.1, 0.15) is 5.69 Å². The van der Waals surface area contributed by atoms with Crippen molar-refractivity contribution in [2.45, 2.75) is 13.0 Å². The number of hydrogen-bond acceptors (Lipinski definition) is 3. The van der Waals surface area contributed by atoms with Gasteiger partial charge in [0, 0.05) is 23.7 Å². The molecule has 1 aliphatic rings. The van der Waals surface area contributed by atoms with Crippen molar-refractivity contribution in [1.29, 1.82) is 0 Å². The summed E-state index contributed by atoms with van der Waals surface area (Å²) in [7, 11) is 0. The molecule has 1 saturated heterocycles. The zero-order valence-corrected chi connectivity index (χ0v) is 10.3. The van der Waals surface area contributed by atoms with Gasteiger partial charge in [0.25, 0.3) is 0 Å². The van der Waals surface area contributed by atoms with Gasteiger partial charge in [-0.15, -0.1) is 5.10 Å². The lowest BCUT2D eigenvalue weighted by molar-refractivity contribution is 0.313. The van der Waals surface area contributed by atoms with Gasteiger partial charge in [0.2, 0.25) is 0 Å². The summed E-state index contributed by atoms with van der Waals surface area (Å²) in [4.78, 5) is 0. The third kappa shape index (κ3) is 1.94. The second-order valence-electron chi connectivity index (χ2n) is 4.36. The highest BCUT2D eigenvalue weighted by Gasteiger charge is 2.20. The third-order valence-corrected chi connectivity index (χ3v) is 3.34. The van der Waals surface area contributed by atoms with Crippen molar-refractivity contribution in [2.75, 3.05) is 13.1 Å². The van der Waals surface area contributed by atoms with Crippen molar-refractivity contribution >= 4 is 11.6 Å². The van der Waals surface area contributed by atoms with E-state index in [9.17, 15) is 0 Å². The molecule has 0 aliphatic carbocycles.